The maximum atomic E-state index is 12.9. The molecule has 1 aliphatic rings. The van der Waals surface area contributed by atoms with Crippen LogP contribution in [-0.4, -0.2) is 59.3 Å². The molecule has 0 radical (unpaired) electrons. The van der Waals surface area contributed by atoms with Crippen molar-refractivity contribution >= 4 is 22.6 Å². The van der Waals surface area contributed by atoms with Gasteiger partial charge in [-0.3, -0.25) is 19.5 Å². The van der Waals surface area contributed by atoms with E-state index in [1.807, 2.05) is 36.4 Å². The number of piperazine rings is 1. The lowest BCUT2D eigenvalue weighted by atomic mass is 10.0. The molecule has 1 N–H and O–H groups in total. The number of likely N-dealkylation sites (N-methyl/N-ethyl adjacent to an activating group) is 1. The molecular formula is C25H28N4O2. The van der Waals surface area contributed by atoms with Crippen molar-refractivity contribution in [2.45, 2.75) is 25.4 Å². The highest BCUT2D eigenvalue weighted by Gasteiger charge is 2.32. The molecule has 1 fully saturated rings. The molecule has 6 heteroatoms. The fourth-order valence-electron chi connectivity index (χ4n) is 4.10. The van der Waals surface area contributed by atoms with E-state index in [1.54, 1.807) is 18.1 Å². The van der Waals surface area contributed by atoms with E-state index in [9.17, 15) is 9.59 Å². The first-order valence-electron chi connectivity index (χ1n) is 10.7. The van der Waals surface area contributed by atoms with Crippen molar-refractivity contribution in [3.8, 4) is 0 Å². The summed E-state index contributed by atoms with van der Waals surface area (Å²) in [6.45, 7) is 2.55. The van der Waals surface area contributed by atoms with Crippen molar-refractivity contribution in [2.24, 2.45) is 0 Å². The second-order valence-electron chi connectivity index (χ2n) is 8.01. The second-order valence-corrected chi connectivity index (χ2v) is 8.01. The predicted molar refractivity (Wildman–Crippen MR) is 121 cm³/mol. The number of rotatable bonds is 7. The summed E-state index contributed by atoms with van der Waals surface area (Å²) in [6, 6.07) is 19.8. The molecule has 160 valence electrons. The normalized spacial score (nSPS) is 16.8. The summed E-state index contributed by atoms with van der Waals surface area (Å²) >= 11 is 0. The number of hydrogen-bond acceptors (Lipinski definition) is 4. The van der Waals surface area contributed by atoms with Gasteiger partial charge in [-0.25, -0.2) is 0 Å². The molecule has 4 rings (SSSR count). The SMILES string of the molecule is CN(CCc1ccccn1)C(=O)CC1C(=O)NCCN1Cc1cccc2ccccc12. The zero-order chi connectivity index (χ0) is 21.6. The monoisotopic (exact) mass is 416 g/mol. The number of aromatic nitrogens is 1. The molecule has 2 heterocycles. The summed E-state index contributed by atoms with van der Waals surface area (Å²) < 4.78 is 0. The van der Waals surface area contributed by atoms with Gasteiger partial charge in [0.1, 0.15) is 0 Å². The highest BCUT2D eigenvalue weighted by molar-refractivity contribution is 5.89. The van der Waals surface area contributed by atoms with Gasteiger partial charge in [-0.05, 0) is 28.5 Å². The van der Waals surface area contributed by atoms with E-state index in [4.69, 9.17) is 0 Å². The molecule has 1 aliphatic heterocycles. The minimum absolute atomic E-state index is 0.0269. The largest absolute Gasteiger partial charge is 0.353 e. The second kappa shape index (κ2) is 9.71. The number of fused-ring (bicyclic) bond motifs is 1. The van der Waals surface area contributed by atoms with Gasteiger partial charge in [-0.15, -0.1) is 0 Å². The van der Waals surface area contributed by atoms with Crippen LogP contribution < -0.4 is 5.32 Å². The fraction of sp³-hybridized carbons (Fsp3) is 0.320. The van der Waals surface area contributed by atoms with Crippen LogP contribution in [0, 0.1) is 0 Å². The van der Waals surface area contributed by atoms with Crippen molar-refractivity contribution in [2.75, 3.05) is 26.7 Å². The molecule has 0 spiro atoms. The summed E-state index contributed by atoms with van der Waals surface area (Å²) in [5.74, 6) is -0.0983. The van der Waals surface area contributed by atoms with Gasteiger partial charge in [-0.1, -0.05) is 48.5 Å². The number of carbonyl (C=O) groups excluding carboxylic acids is 2. The van der Waals surface area contributed by atoms with Crippen molar-refractivity contribution in [1.29, 1.82) is 0 Å². The van der Waals surface area contributed by atoms with Crippen molar-refractivity contribution in [1.82, 2.24) is 20.1 Å². The minimum atomic E-state index is -0.461. The molecule has 0 aliphatic carbocycles. The predicted octanol–water partition coefficient (Wildman–Crippen LogP) is 2.63. The zero-order valence-electron chi connectivity index (χ0n) is 17.8. The summed E-state index contributed by atoms with van der Waals surface area (Å²) in [5.41, 5.74) is 2.13. The Balaban J connectivity index is 1.43. The molecule has 1 saturated heterocycles. The van der Waals surface area contributed by atoms with E-state index in [1.165, 1.54) is 16.3 Å². The van der Waals surface area contributed by atoms with Crippen molar-refractivity contribution in [3.63, 3.8) is 0 Å². The summed E-state index contributed by atoms with van der Waals surface area (Å²) in [5, 5.41) is 5.30. The Kier molecular flexibility index (Phi) is 6.57. The Morgan fingerprint density at radius 3 is 2.77 bits per heavy atom. The average molecular weight is 417 g/mol. The minimum Gasteiger partial charge on any atom is -0.353 e. The summed E-state index contributed by atoms with van der Waals surface area (Å²) in [7, 11) is 1.79. The van der Waals surface area contributed by atoms with Crippen LogP contribution in [0.15, 0.2) is 66.9 Å². The third-order valence-corrected chi connectivity index (χ3v) is 5.92. The van der Waals surface area contributed by atoms with Crippen molar-refractivity contribution < 1.29 is 9.59 Å². The van der Waals surface area contributed by atoms with Crippen LogP contribution in [-0.2, 0) is 22.6 Å². The van der Waals surface area contributed by atoms with Crippen LogP contribution in [0.5, 0.6) is 0 Å². The Hall–Kier alpha value is -3.25. The Bertz CT molecular complexity index is 1050. The van der Waals surface area contributed by atoms with Crippen LogP contribution in [0.1, 0.15) is 17.7 Å². The number of hydrogen-bond donors (Lipinski definition) is 1. The molecule has 1 aromatic heterocycles. The zero-order valence-corrected chi connectivity index (χ0v) is 17.8. The van der Waals surface area contributed by atoms with Gasteiger partial charge in [0.15, 0.2) is 0 Å². The molecule has 0 bridgehead atoms. The van der Waals surface area contributed by atoms with E-state index >= 15 is 0 Å². The van der Waals surface area contributed by atoms with E-state index in [2.05, 4.69) is 39.5 Å². The summed E-state index contributed by atoms with van der Waals surface area (Å²) in [4.78, 5) is 33.7. The summed E-state index contributed by atoms with van der Waals surface area (Å²) in [6.07, 6.45) is 2.63. The quantitative estimate of drug-likeness (QED) is 0.643. The Morgan fingerprint density at radius 1 is 1.13 bits per heavy atom. The van der Waals surface area contributed by atoms with Crippen LogP contribution in [0.3, 0.4) is 0 Å². The average Bonchev–Trinajstić information content (AvgIpc) is 2.80. The Morgan fingerprint density at radius 2 is 1.94 bits per heavy atom. The maximum Gasteiger partial charge on any atom is 0.237 e. The molecule has 1 unspecified atom stereocenters. The van der Waals surface area contributed by atoms with Crippen LogP contribution in [0.4, 0.5) is 0 Å². The van der Waals surface area contributed by atoms with Crippen LogP contribution in [0.25, 0.3) is 10.8 Å². The van der Waals surface area contributed by atoms with E-state index < -0.39 is 6.04 Å². The number of benzene rings is 2. The first-order valence-corrected chi connectivity index (χ1v) is 10.7. The lowest BCUT2D eigenvalue weighted by Crippen LogP contribution is -2.56. The first kappa shape index (κ1) is 21.0. The maximum absolute atomic E-state index is 12.9. The van der Waals surface area contributed by atoms with Gasteiger partial charge < -0.3 is 10.2 Å². The molecule has 3 aromatic rings. The number of amides is 2. The molecule has 6 nitrogen and oxygen atoms in total. The molecule has 2 aromatic carbocycles. The lowest BCUT2D eigenvalue weighted by molar-refractivity contribution is -0.138. The highest BCUT2D eigenvalue weighted by atomic mass is 16.2. The van der Waals surface area contributed by atoms with E-state index in [0.29, 0.717) is 26.1 Å². The first-order chi connectivity index (χ1) is 15.1. The smallest absolute Gasteiger partial charge is 0.237 e. The van der Waals surface area contributed by atoms with Gasteiger partial charge in [0, 0.05) is 51.5 Å². The number of nitrogens with zero attached hydrogens (tertiary/aromatic N) is 3. The molecule has 0 saturated carbocycles. The third-order valence-electron chi connectivity index (χ3n) is 5.92. The van der Waals surface area contributed by atoms with Gasteiger partial charge in [0.2, 0.25) is 11.8 Å². The van der Waals surface area contributed by atoms with Gasteiger partial charge in [0.25, 0.3) is 0 Å². The lowest BCUT2D eigenvalue weighted by Gasteiger charge is -2.35. The molecular weight excluding hydrogens is 388 g/mol. The highest BCUT2D eigenvalue weighted by Crippen LogP contribution is 2.22. The molecule has 31 heavy (non-hydrogen) atoms. The van der Waals surface area contributed by atoms with Crippen LogP contribution >= 0.6 is 0 Å². The molecule has 2 amide bonds. The topological polar surface area (TPSA) is 65.5 Å². The number of pyridine rings is 1. The van der Waals surface area contributed by atoms with Gasteiger partial charge in [-0.2, -0.15) is 0 Å². The number of carbonyl (C=O) groups is 2. The van der Waals surface area contributed by atoms with E-state index in [0.717, 1.165) is 12.2 Å². The fourth-order valence-corrected chi connectivity index (χ4v) is 4.10. The van der Waals surface area contributed by atoms with Gasteiger partial charge >= 0.3 is 0 Å². The standard InChI is InChI=1S/C25H28N4O2/c1-28(15-12-21-10-4-5-13-26-21)24(30)17-23-25(31)27-14-16-29(23)18-20-9-6-8-19-7-2-3-11-22(19)20/h2-11,13,23H,12,14-18H2,1H3,(H,27,31). The van der Waals surface area contributed by atoms with Gasteiger partial charge in [0.05, 0.1) is 12.5 Å². The third kappa shape index (κ3) is 5.09. The van der Waals surface area contributed by atoms with Crippen LogP contribution in [0.2, 0.25) is 0 Å². The van der Waals surface area contributed by atoms with E-state index in [-0.39, 0.29) is 18.2 Å². The van der Waals surface area contributed by atoms with Crippen molar-refractivity contribution in [3.05, 3.63) is 78.1 Å². The Labute approximate surface area is 182 Å². The molecule has 1 atom stereocenters. The number of nitrogens with one attached hydrogen (secondary N) is 1.